The zero-order valence-electron chi connectivity index (χ0n) is 10.2. The fourth-order valence-electron chi connectivity index (χ4n) is 1.57. The lowest BCUT2D eigenvalue weighted by atomic mass is 10.1. The highest BCUT2D eigenvalue weighted by atomic mass is 16.5. The van der Waals surface area contributed by atoms with Gasteiger partial charge in [-0.1, -0.05) is 43.3 Å². The Morgan fingerprint density at radius 2 is 1.94 bits per heavy atom. The molecule has 0 saturated carbocycles. The molecular weight excluding hydrogens is 214 g/mol. The van der Waals surface area contributed by atoms with E-state index in [-0.39, 0.29) is 0 Å². The van der Waals surface area contributed by atoms with Crippen LogP contribution < -0.4 is 5.32 Å². The summed E-state index contributed by atoms with van der Waals surface area (Å²) in [6, 6.07) is 8.24. The molecule has 0 fully saturated rings. The second-order valence-electron chi connectivity index (χ2n) is 3.84. The van der Waals surface area contributed by atoms with Crippen molar-refractivity contribution in [2.75, 3.05) is 6.54 Å². The Morgan fingerprint density at radius 3 is 2.59 bits per heavy atom. The second kappa shape index (κ2) is 5.59. The van der Waals surface area contributed by atoms with Crippen LogP contribution in [0.15, 0.2) is 28.8 Å². The Labute approximate surface area is 101 Å². The topological polar surface area (TPSA) is 51.0 Å². The van der Waals surface area contributed by atoms with Crippen LogP contribution in [0.2, 0.25) is 0 Å². The van der Waals surface area contributed by atoms with Crippen LogP contribution in [-0.2, 0) is 13.0 Å². The van der Waals surface area contributed by atoms with Gasteiger partial charge in [-0.3, -0.25) is 0 Å². The fraction of sp³-hybridized carbons (Fsp3) is 0.385. The number of aryl methyl sites for hydroxylation is 1. The SMILES string of the molecule is CCNCc1nc(-c2ccc(CC)cc2)no1. The number of nitrogens with zero attached hydrogens (tertiary/aromatic N) is 2. The third-order valence-electron chi connectivity index (χ3n) is 2.61. The van der Waals surface area contributed by atoms with E-state index < -0.39 is 0 Å². The van der Waals surface area contributed by atoms with Gasteiger partial charge in [0.2, 0.25) is 11.7 Å². The molecule has 2 aromatic rings. The van der Waals surface area contributed by atoms with Crippen LogP contribution >= 0.6 is 0 Å². The van der Waals surface area contributed by atoms with Gasteiger partial charge >= 0.3 is 0 Å². The van der Waals surface area contributed by atoms with Crippen LogP contribution in [-0.4, -0.2) is 16.7 Å². The molecule has 0 bridgehead atoms. The number of hydrogen-bond acceptors (Lipinski definition) is 4. The normalized spacial score (nSPS) is 10.7. The predicted octanol–water partition coefficient (Wildman–Crippen LogP) is 2.41. The van der Waals surface area contributed by atoms with Crippen molar-refractivity contribution in [3.8, 4) is 11.4 Å². The molecule has 1 heterocycles. The van der Waals surface area contributed by atoms with E-state index in [0.717, 1.165) is 18.5 Å². The van der Waals surface area contributed by atoms with Crippen LogP contribution in [0.3, 0.4) is 0 Å². The van der Waals surface area contributed by atoms with Crippen molar-refractivity contribution >= 4 is 0 Å². The molecule has 1 aromatic carbocycles. The minimum absolute atomic E-state index is 0.622. The van der Waals surface area contributed by atoms with Crippen molar-refractivity contribution in [2.24, 2.45) is 0 Å². The summed E-state index contributed by atoms with van der Waals surface area (Å²) in [6.07, 6.45) is 1.04. The van der Waals surface area contributed by atoms with Gasteiger partial charge < -0.3 is 9.84 Å². The zero-order valence-corrected chi connectivity index (χ0v) is 10.2. The quantitative estimate of drug-likeness (QED) is 0.858. The van der Waals surface area contributed by atoms with Gasteiger partial charge in [-0.25, -0.2) is 0 Å². The Hall–Kier alpha value is -1.68. The molecule has 0 saturated heterocycles. The van der Waals surface area contributed by atoms with E-state index in [1.807, 2.05) is 19.1 Å². The molecule has 1 aromatic heterocycles. The molecule has 0 aliphatic rings. The molecule has 4 heteroatoms. The molecule has 17 heavy (non-hydrogen) atoms. The van der Waals surface area contributed by atoms with E-state index in [2.05, 4.69) is 34.5 Å². The van der Waals surface area contributed by atoms with Crippen LogP contribution in [0.25, 0.3) is 11.4 Å². The average molecular weight is 231 g/mol. The summed E-state index contributed by atoms with van der Waals surface area (Å²) in [4.78, 5) is 4.33. The lowest BCUT2D eigenvalue weighted by molar-refractivity contribution is 0.369. The van der Waals surface area contributed by atoms with Gasteiger partial charge in [0.15, 0.2) is 0 Å². The molecule has 0 radical (unpaired) electrons. The van der Waals surface area contributed by atoms with Crippen molar-refractivity contribution in [2.45, 2.75) is 26.8 Å². The van der Waals surface area contributed by atoms with E-state index in [4.69, 9.17) is 4.52 Å². The molecule has 0 spiro atoms. The molecule has 0 aliphatic carbocycles. The first-order chi connectivity index (χ1) is 8.33. The van der Waals surface area contributed by atoms with Gasteiger partial charge in [-0.15, -0.1) is 0 Å². The highest BCUT2D eigenvalue weighted by Gasteiger charge is 2.07. The standard InChI is InChI=1S/C13H17N3O/c1-3-10-5-7-11(8-6-10)13-15-12(17-16-13)9-14-4-2/h5-8,14H,3-4,9H2,1-2H3. The summed E-state index contributed by atoms with van der Waals surface area (Å²) < 4.78 is 5.15. The number of hydrogen-bond donors (Lipinski definition) is 1. The molecule has 4 nitrogen and oxygen atoms in total. The zero-order chi connectivity index (χ0) is 12.1. The van der Waals surface area contributed by atoms with Gasteiger partial charge in [-0.05, 0) is 18.5 Å². The van der Waals surface area contributed by atoms with Crippen LogP contribution in [0.5, 0.6) is 0 Å². The highest BCUT2D eigenvalue weighted by Crippen LogP contribution is 2.16. The lowest BCUT2D eigenvalue weighted by Gasteiger charge is -1.97. The Balaban J connectivity index is 2.12. The van der Waals surface area contributed by atoms with Crippen LogP contribution in [0.1, 0.15) is 25.3 Å². The van der Waals surface area contributed by atoms with Crippen LogP contribution in [0.4, 0.5) is 0 Å². The van der Waals surface area contributed by atoms with Gasteiger partial charge in [0.05, 0.1) is 6.54 Å². The minimum Gasteiger partial charge on any atom is -0.338 e. The van der Waals surface area contributed by atoms with E-state index >= 15 is 0 Å². The Kier molecular flexibility index (Phi) is 3.88. The first-order valence-electron chi connectivity index (χ1n) is 5.96. The smallest absolute Gasteiger partial charge is 0.240 e. The number of nitrogens with one attached hydrogen (secondary N) is 1. The maximum Gasteiger partial charge on any atom is 0.240 e. The molecular formula is C13H17N3O. The first kappa shape index (κ1) is 11.8. The third kappa shape index (κ3) is 2.91. The fourth-order valence-corrected chi connectivity index (χ4v) is 1.57. The largest absolute Gasteiger partial charge is 0.338 e. The van der Waals surface area contributed by atoms with E-state index in [0.29, 0.717) is 18.3 Å². The van der Waals surface area contributed by atoms with Gasteiger partial charge in [0.25, 0.3) is 0 Å². The first-order valence-corrected chi connectivity index (χ1v) is 5.96. The van der Waals surface area contributed by atoms with Gasteiger partial charge in [0.1, 0.15) is 0 Å². The van der Waals surface area contributed by atoms with Gasteiger partial charge in [-0.2, -0.15) is 4.98 Å². The Bertz CT molecular complexity index is 462. The predicted molar refractivity (Wildman–Crippen MR) is 66.5 cm³/mol. The Morgan fingerprint density at radius 1 is 1.18 bits per heavy atom. The summed E-state index contributed by atoms with van der Waals surface area (Å²) >= 11 is 0. The molecule has 1 N–H and O–H groups in total. The summed E-state index contributed by atoms with van der Waals surface area (Å²) in [7, 11) is 0. The summed E-state index contributed by atoms with van der Waals surface area (Å²) in [5.41, 5.74) is 2.30. The van der Waals surface area contributed by atoms with E-state index in [1.165, 1.54) is 5.56 Å². The third-order valence-corrected chi connectivity index (χ3v) is 2.61. The van der Waals surface area contributed by atoms with Crippen molar-refractivity contribution in [3.05, 3.63) is 35.7 Å². The van der Waals surface area contributed by atoms with Gasteiger partial charge in [0, 0.05) is 5.56 Å². The average Bonchev–Trinajstić information content (AvgIpc) is 2.85. The molecule has 2 rings (SSSR count). The van der Waals surface area contributed by atoms with E-state index in [9.17, 15) is 0 Å². The van der Waals surface area contributed by atoms with Crippen molar-refractivity contribution < 1.29 is 4.52 Å². The number of rotatable bonds is 5. The summed E-state index contributed by atoms with van der Waals surface area (Å²) in [6.45, 7) is 5.69. The molecule has 90 valence electrons. The molecule has 0 unspecified atom stereocenters. The second-order valence-corrected chi connectivity index (χ2v) is 3.84. The minimum atomic E-state index is 0.622. The number of benzene rings is 1. The molecule has 0 aliphatic heterocycles. The monoisotopic (exact) mass is 231 g/mol. The van der Waals surface area contributed by atoms with Crippen molar-refractivity contribution in [1.82, 2.24) is 15.5 Å². The summed E-state index contributed by atoms with van der Waals surface area (Å²) in [5.74, 6) is 1.28. The molecule has 0 atom stereocenters. The highest BCUT2D eigenvalue weighted by molar-refractivity contribution is 5.54. The number of aromatic nitrogens is 2. The van der Waals surface area contributed by atoms with Crippen LogP contribution in [0, 0.1) is 0 Å². The van der Waals surface area contributed by atoms with Crippen molar-refractivity contribution in [1.29, 1.82) is 0 Å². The van der Waals surface area contributed by atoms with E-state index in [1.54, 1.807) is 0 Å². The summed E-state index contributed by atoms with van der Waals surface area (Å²) in [5, 5.41) is 7.12. The maximum atomic E-state index is 5.15. The molecule has 0 amide bonds. The maximum absolute atomic E-state index is 5.15. The van der Waals surface area contributed by atoms with Crippen molar-refractivity contribution in [3.63, 3.8) is 0 Å². The lowest BCUT2D eigenvalue weighted by Crippen LogP contribution is -2.11.